The minimum absolute atomic E-state index is 0.0583. The average Bonchev–Trinajstić information content (AvgIpc) is 3.05. The second-order valence-electron chi connectivity index (χ2n) is 6.23. The van der Waals surface area contributed by atoms with Crippen molar-refractivity contribution in [2.75, 3.05) is 20.2 Å². The molecule has 25 heavy (non-hydrogen) atoms. The van der Waals surface area contributed by atoms with Crippen LogP contribution in [0.5, 0.6) is 0 Å². The van der Waals surface area contributed by atoms with Gasteiger partial charge in [-0.15, -0.1) is 0 Å². The molecule has 0 radical (unpaired) electrons. The lowest BCUT2D eigenvalue weighted by Gasteiger charge is -2.16. The lowest BCUT2D eigenvalue weighted by atomic mass is 9.88. The van der Waals surface area contributed by atoms with Crippen LogP contribution in [0, 0.1) is 16.0 Å². The summed E-state index contributed by atoms with van der Waals surface area (Å²) < 4.78 is 4.95. The van der Waals surface area contributed by atoms with Gasteiger partial charge in [-0.25, -0.2) is 0 Å². The predicted molar refractivity (Wildman–Crippen MR) is 93.1 cm³/mol. The molecule has 0 aliphatic carbocycles. The van der Waals surface area contributed by atoms with Gasteiger partial charge in [0.2, 0.25) is 0 Å². The van der Waals surface area contributed by atoms with Gasteiger partial charge in [-0.2, -0.15) is 0 Å². The highest BCUT2D eigenvalue weighted by Gasteiger charge is 2.41. The first-order valence-electron chi connectivity index (χ1n) is 8.17. The Bertz CT molecular complexity index is 763. The summed E-state index contributed by atoms with van der Waals surface area (Å²) in [5.74, 6) is -0.980. The molecule has 1 saturated heterocycles. The van der Waals surface area contributed by atoms with Crippen molar-refractivity contribution in [2.24, 2.45) is 5.92 Å². The van der Waals surface area contributed by atoms with Gasteiger partial charge in [-0.05, 0) is 5.56 Å². The van der Waals surface area contributed by atoms with Gasteiger partial charge >= 0.3 is 5.97 Å². The number of nitrogens with zero attached hydrogens (tertiary/aromatic N) is 2. The van der Waals surface area contributed by atoms with E-state index in [1.54, 1.807) is 18.2 Å². The van der Waals surface area contributed by atoms with E-state index in [9.17, 15) is 14.9 Å². The van der Waals surface area contributed by atoms with Crippen molar-refractivity contribution in [1.82, 2.24) is 4.90 Å². The average molecular weight is 340 g/mol. The number of nitro groups is 1. The number of ether oxygens (including phenoxy) is 1. The molecule has 2 aromatic rings. The number of methoxy groups -OCH3 is 1. The summed E-state index contributed by atoms with van der Waals surface area (Å²) in [4.78, 5) is 25.4. The fourth-order valence-electron chi connectivity index (χ4n) is 3.53. The lowest BCUT2D eigenvalue weighted by Crippen LogP contribution is -2.24. The maximum Gasteiger partial charge on any atom is 0.310 e. The SMILES string of the molecule is COC(=O)C1CN(Cc2ccccc2)CC1c1ccccc1[N+](=O)[O-]. The topological polar surface area (TPSA) is 72.7 Å². The van der Waals surface area contributed by atoms with Crippen LogP contribution in [-0.4, -0.2) is 36.0 Å². The first-order valence-corrected chi connectivity index (χ1v) is 8.17. The molecule has 0 bridgehead atoms. The Kier molecular flexibility index (Phi) is 5.09. The van der Waals surface area contributed by atoms with Crippen LogP contribution < -0.4 is 0 Å². The zero-order valence-electron chi connectivity index (χ0n) is 14.0. The van der Waals surface area contributed by atoms with E-state index in [0.717, 1.165) is 5.56 Å². The van der Waals surface area contributed by atoms with Crippen molar-refractivity contribution < 1.29 is 14.5 Å². The number of nitro benzene ring substituents is 1. The second-order valence-corrected chi connectivity index (χ2v) is 6.23. The van der Waals surface area contributed by atoms with Crippen molar-refractivity contribution >= 4 is 11.7 Å². The Balaban J connectivity index is 1.88. The number of carbonyl (C=O) groups excluding carboxylic acids is 1. The van der Waals surface area contributed by atoms with Crippen molar-refractivity contribution in [3.8, 4) is 0 Å². The maximum atomic E-state index is 12.3. The van der Waals surface area contributed by atoms with E-state index in [1.165, 1.54) is 13.2 Å². The summed E-state index contributed by atoms with van der Waals surface area (Å²) in [7, 11) is 1.36. The molecule has 1 heterocycles. The van der Waals surface area contributed by atoms with Crippen LogP contribution in [-0.2, 0) is 16.1 Å². The van der Waals surface area contributed by atoms with E-state index in [4.69, 9.17) is 4.74 Å². The van der Waals surface area contributed by atoms with Crippen molar-refractivity contribution in [2.45, 2.75) is 12.5 Å². The van der Waals surface area contributed by atoms with Crippen molar-refractivity contribution in [1.29, 1.82) is 0 Å². The molecule has 0 N–H and O–H groups in total. The molecule has 130 valence electrons. The molecule has 6 heteroatoms. The third kappa shape index (κ3) is 3.69. The summed E-state index contributed by atoms with van der Waals surface area (Å²) in [5, 5.41) is 11.4. The number of carbonyl (C=O) groups is 1. The van der Waals surface area contributed by atoms with Crippen LogP contribution in [0.2, 0.25) is 0 Å². The van der Waals surface area contributed by atoms with Gasteiger partial charge in [0.1, 0.15) is 0 Å². The molecule has 0 amide bonds. The second kappa shape index (κ2) is 7.44. The molecular weight excluding hydrogens is 320 g/mol. The molecule has 2 atom stereocenters. The fourth-order valence-corrected chi connectivity index (χ4v) is 3.53. The Labute approximate surface area is 146 Å². The summed E-state index contributed by atoms with van der Waals surface area (Å²) in [5.41, 5.74) is 1.80. The molecule has 3 rings (SSSR count). The molecule has 0 saturated carbocycles. The van der Waals surface area contributed by atoms with Crippen LogP contribution in [0.15, 0.2) is 54.6 Å². The first kappa shape index (κ1) is 17.1. The third-order valence-electron chi connectivity index (χ3n) is 4.68. The zero-order valence-corrected chi connectivity index (χ0v) is 14.0. The van der Waals surface area contributed by atoms with Gasteiger partial charge in [0.05, 0.1) is 18.0 Å². The van der Waals surface area contributed by atoms with Crippen molar-refractivity contribution in [3.63, 3.8) is 0 Å². The van der Waals surface area contributed by atoms with Gasteiger partial charge in [0, 0.05) is 37.2 Å². The van der Waals surface area contributed by atoms with E-state index in [2.05, 4.69) is 4.90 Å². The highest BCUT2D eigenvalue weighted by Crippen LogP contribution is 2.38. The standard InChI is InChI=1S/C19H20N2O4/c1-25-19(22)17-13-20(11-14-7-3-2-4-8-14)12-16(17)15-9-5-6-10-18(15)21(23)24/h2-10,16-17H,11-13H2,1H3. The van der Waals surface area contributed by atoms with Gasteiger partial charge in [0.25, 0.3) is 5.69 Å². The van der Waals surface area contributed by atoms with Crippen LogP contribution >= 0.6 is 0 Å². The fraction of sp³-hybridized carbons (Fsp3) is 0.316. The third-order valence-corrected chi connectivity index (χ3v) is 4.68. The van der Waals surface area contributed by atoms with Crippen LogP contribution in [0.25, 0.3) is 0 Å². The lowest BCUT2D eigenvalue weighted by molar-refractivity contribution is -0.385. The molecule has 2 unspecified atom stereocenters. The summed E-state index contributed by atoms with van der Waals surface area (Å²) in [6.07, 6.45) is 0. The summed E-state index contributed by atoms with van der Waals surface area (Å²) in [6, 6.07) is 16.6. The molecule has 1 fully saturated rings. The Morgan fingerprint density at radius 1 is 1.16 bits per heavy atom. The number of benzene rings is 2. The van der Waals surface area contributed by atoms with E-state index in [-0.39, 0.29) is 22.5 Å². The van der Waals surface area contributed by atoms with Gasteiger partial charge in [-0.1, -0.05) is 48.5 Å². The number of hydrogen-bond donors (Lipinski definition) is 0. The number of esters is 1. The van der Waals surface area contributed by atoms with E-state index >= 15 is 0 Å². The smallest absolute Gasteiger partial charge is 0.310 e. The van der Waals surface area contributed by atoms with E-state index < -0.39 is 5.92 Å². The number of para-hydroxylation sites is 1. The molecule has 2 aromatic carbocycles. The van der Waals surface area contributed by atoms with Crippen molar-refractivity contribution in [3.05, 3.63) is 75.8 Å². The quantitative estimate of drug-likeness (QED) is 0.475. The summed E-state index contributed by atoms with van der Waals surface area (Å²) in [6.45, 7) is 1.81. The Morgan fingerprint density at radius 2 is 1.84 bits per heavy atom. The first-order chi connectivity index (χ1) is 12.1. The monoisotopic (exact) mass is 340 g/mol. The normalized spacial score (nSPS) is 20.4. The molecule has 1 aliphatic rings. The molecule has 0 aromatic heterocycles. The Hall–Kier alpha value is -2.73. The highest BCUT2D eigenvalue weighted by molar-refractivity contribution is 5.75. The molecule has 0 spiro atoms. The van der Waals surface area contributed by atoms with Gasteiger partial charge in [-0.3, -0.25) is 19.8 Å². The molecule has 6 nitrogen and oxygen atoms in total. The Morgan fingerprint density at radius 3 is 2.52 bits per heavy atom. The van der Waals surface area contributed by atoms with E-state index in [0.29, 0.717) is 25.2 Å². The number of likely N-dealkylation sites (tertiary alicyclic amines) is 1. The largest absolute Gasteiger partial charge is 0.469 e. The van der Waals surface area contributed by atoms with Crippen LogP contribution in [0.3, 0.4) is 0 Å². The van der Waals surface area contributed by atoms with Crippen LogP contribution in [0.1, 0.15) is 17.0 Å². The maximum absolute atomic E-state index is 12.3. The predicted octanol–water partition coefficient (Wildman–Crippen LogP) is 2.98. The number of hydrogen-bond acceptors (Lipinski definition) is 5. The summed E-state index contributed by atoms with van der Waals surface area (Å²) >= 11 is 0. The highest BCUT2D eigenvalue weighted by atomic mass is 16.6. The van der Waals surface area contributed by atoms with Gasteiger partial charge < -0.3 is 4.74 Å². The zero-order chi connectivity index (χ0) is 17.8. The molecule has 1 aliphatic heterocycles. The molecular formula is C19H20N2O4. The van der Waals surface area contributed by atoms with Gasteiger partial charge in [0.15, 0.2) is 0 Å². The number of rotatable bonds is 5. The minimum atomic E-state index is -0.408. The van der Waals surface area contributed by atoms with E-state index in [1.807, 2.05) is 30.3 Å². The van der Waals surface area contributed by atoms with Crippen LogP contribution in [0.4, 0.5) is 5.69 Å². The minimum Gasteiger partial charge on any atom is -0.469 e.